The van der Waals surface area contributed by atoms with E-state index in [1.54, 1.807) is 0 Å². The van der Waals surface area contributed by atoms with Gasteiger partial charge in [-0.25, -0.2) is 0 Å². The highest BCUT2D eigenvalue weighted by molar-refractivity contribution is 7.88. The number of halogens is 3. The maximum atomic E-state index is 12.5. The Morgan fingerprint density at radius 1 is 1.27 bits per heavy atom. The molecule has 0 aromatic heterocycles. The van der Waals surface area contributed by atoms with E-state index in [2.05, 4.69) is 4.18 Å². The molecule has 0 amide bonds. The van der Waals surface area contributed by atoms with Crippen LogP contribution in [0.4, 0.5) is 13.2 Å². The molecule has 10 heteroatoms. The number of aromatic hydroxyl groups is 1. The van der Waals surface area contributed by atoms with Crippen molar-refractivity contribution in [2.45, 2.75) is 56.2 Å². The number of phenolic OH excluding ortho intramolecular Hbond substituents is 1. The highest BCUT2D eigenvalue weighted by Crippen LogP contribution is 2.55. The number of aliphatic hydroxyl groups is 1. The molecule has 0 bridgehead atoms. The Morgan fingerprint density at radius 2 is 1.92 bits per heavy atom. The maximum Gasteiger partial charge on any atom is 0.534 e. The van der Waals surface area contributed by atoms with Crippen molar-refractivity contribution in [1.29, 1.82) is 0 Å². The maximum absolute atomic E-state index is 12.5. The van der Waals surface area contributed by atoms with Crippen LogP contribution < -0.4 is 8.92 Å². The molecule has 1 saturated carbocycles. The molecule has 146 valence electrons. The largest absolute Gasteiger partial charge is 0.534 e. The van der Waals surface area contributed by atoms with E-state index in [1.165, 1.54) is 0 Å². The van der Waals surface area contributed by atoms with Crippen molar-refractivity contribution in [3.8, 4) is 17.2 Å². The van der Waals surface area contributed by atoms with E-state index in [9.17, 15) is 31.8 Å². The number of ether oxygens (including phenoxy) is 1. The Kier molecular flexibility index (Phi) is 4.34. The van der Waals surface area contributed by atoms with Crippen LogP contribution in [0.3, 0.4) is 0 Å². The molecule has 6 nitrogen and oxygen atoms in total. The van der Waals surface area contributed by atoms with E-state index >= 15 is 0 Å². The molecular formula is C16H19F3O6S. The lowest BCUT2D eigenvalue weighted by Gasteiger charge is -2.48. The Morgan fingerprint density at radius 3 is 2.54 bits per heavy atom. The molecule has 1 aromatic carbocycles. The third-order valence-electron chi connectivity index (χ3n) is 5.04. The molecule has 2 N–H and O–H groups in total. The van der Waals surface area contributed by atoms with E-state index in [0.717, 1.165) is 12.1 Å². The van der Waals surface area contributed by atoms with Gasteiger partial charge < -0.3 is 19.1 Å². The van der Waals surface area contributed by atoms with Crippen molar-refractivity contribution in [3.63, 3.8) is 0 Å². The Labute approximate surface area is 148 Å². The second kappa shape index (κ2) is 5.91. The lowest BCUT2D eigenvalue weighted by atomic mass is 9.66. The summed E-state index contributed by atoms with van der Waals surface area (Å²) in [4.78, 5) is 0. The van der Waals surface area contributed by atoms with Gasteiger partial charge in [0.25, 0.3) is 0 Å². The molecule has 0 spiro atoms. The topological polar surface area (TPSA) is 93.1 Å². The lowest BCUT2D eigenvalue weighted by molar-refractivity contribution is -0.0501. The van der Waals surface area contributed by atoms with E-state index < -0.39 is 38.8 Å². The Bertz CT molecular complexity index is 818. The van der Waals surface area contributed by atoms with Crippen LogP contribution in [0.1, 0.15) is 44.6 Å². The molecule has 0 unspecified atom stereocenters. The molecule has 1 aliphatic heterocycles. The molecule has 1 aromatic rings. The van der Waals surface area contributed by atoms with Crippen LogP contribution in [0.2, 0.25) is 0 Å². The fraction of sp³-hybridized carbons (Fsp3) is 0.625. The summed E-state index contributed by atoms with van der Waals surface area (Å²) in [5.41, 5.74) is -5.94. The summed E-state index contributed by atoms with van der Waals surface area (Å²) in [5, 5.41) is 20.3. The second-order valence-corrected chi connectivity index (χ2v) is 8.76. The van der Waals surface area contributed by atoms with Gasteiger partial charge in [-0.15, -0.1) is 0 Å². The average molecular weight is 396 g/mol. The van der Waals surface area contributed by atoms with Crippen LogP contribution in [0, 0.1) is 5.92 Å². The molecule has 2 aliphatic rings. The summed E-state index contributed by atoms with van der Waals surface area (Å²) in [5.74, 6) is -1.32. The number of hydrogen-bond acceptors (Lipinski definition) is 6. The highest BCUT2D eigenvalue weighted by Gasteiger charge is 2.50. The van der Waals surface area contributed by atoms with Crippen LogP contribution in [-0.2, 0) is 10.1 Å². The predicted octanol–water partition coefficient (Wildman–Crippen LogP) is 3.04. The van der Waals surface area contributed by atoms with Crippen LogP contribution in [0.15, 0.2) is 12.1 Å². The van der Waals surface area contributed by atoms with E-state index in [-0.39, 0.29) is 17.6 Å². The predicted molar refractivity (Wildman–Crippen MR) is 84.5 cm³/mol. The zero-order chi connectivity index (χ0) is 19.5. The standard InChI is InChI=1S/C16H19F3O6S/c1-15(2)11-4-3-8(20)5-10(11)14-12(21)6-9(7-13(14)24-15)25-26(22,23)16(17,18)19/h6-8,10-11,20-21H,3-5H2,1-2H3/t8-,10-,11-/m1/s1. The van der Waals surface area contributed by atoms with Gasteiger partial charge in [-0.05, 0) is 33.1 Å². The second-order valence-electron chi connectivity index (χ2n) is 7.22. The van der Waals surface area contributed by atoms with Gasteiger partial charge in [-0.3, -0.25) is 0 Å². The highest BCUT2D eigenvalue weighted by atomic mass is 32.2. The molecule has 3 atom stereocenters. The van der Waals surface area contributed by atoms with Gasteiger partial charge in [0.05, 0.1) is 6.10 Å². The molecule has 0 saturated heterocycles. The molecule has 1 aliphatic carbocycles. The van der Waals surface area contributed by atoms with E-state index in [0.29, 0.717) is 24.8 Å². The lowest BCUT2D eigenvalue weighted by Crippen LogP contribution is -2.47. The number of hydrogen-bond donors (Lipinski definition) is 2. The van der Waals surface area contributed by atoms with Crippen LogP contribution in [-0.4, -0.2) is 35.8 Å². The molecule has 26 heavy (non-hydrogen) atoms. The summed E-state index contributed by atoms with van der Waals surface area (Å²) >= 11 is 0. The van der Waals surface area contributed by atoms with Crippen LogP contribution in [0.25, 0.3) is 0 Å². The van der Waals surface area contributed by atoms with Gasteiger partial charge in [-0.2, -0.15) is 21.6 Å². The first kappa shape index (κ1) is 19.1. The summed E-state index contributed by atoms with van der Waals surface area (Å²) in [6.45, 7) is 3.62. The molecule has 1 fully saturated rings. The minimum absolute atomic E-state index is 0.00465. The van der Waals surface area contributed by atoms with Crippen LogP contribution >= 0.6 is 0 Å². The average Bonchev–Trinajstić information content (AvgIpc) is 2.43. The van der Waals surface area contributed by atoms with Crippen LogP contribution in [0.5, 0.6) is 17.2 Å². The first-order valence-electron chi connectivity index (χ1n) is 8.06. The van der Waals surface area contributed by atoms with Crippen molar-refractivity contribution in [2.75, 3.05) is 0 Å². The summed E-state index contributed by atoms with van der Waals surface area (Å²) in [7, 11) is -5.86. The molecule has 1 heterocycles. The third kappa shape index (κ3) is 3.20. The SMILES string of the molecule is CC1(C)Oc2cc(OS(=O)(=O)C(F)(F)F)cc(O)c2[C@@H]2C[C@H](O)CC[C@H]21. The van der Waals surface area contributed by atoms with Gasteiger partial charge in [0.2, 0.25) is 0 Å². The summed E-state index contributed by atoms with van der Waals surface area (Å²) < 4.78 is 69.9. The summed E-state index contributed by atoms with van der Waals surface area (Å²) in [6.07, 6.45) is 1.07. The number of rotatable bonds is 2. The fourth-order valence-corrected chi connectivity index (χ4v) is 4.37. The van der Waals surface area contributed by atoms with Gasteiger partial charge in [0.1, 0.15) is 22.8 Å². The fourth-order valence-electron chi connectivity index (χ4n) is 3.93. The third-order valence-corrected chi connectivity index (χ3v) is 6.02. The number of alkyl halides is 3. The summed E-state index contributed by atoms with van der Waals surface area (Å²) in [6, 6.07) is 1.85. The molecule has 3 rings (SSSR count). The zero-order valence-electron chi connectivity index (χ0n) is 14.1. The number of aliphatic hydroxyl groups excluding tert-OH is 1. The Balaban J connectivity index is 2.03. The minimum atomic E-state index is -5.86. The van der Waals surface area contributed by atoms with Crippen molar-refractivity contribution in [2.24, 2.45) is 5.92 Å². The van der Waals surface area contributed by atoms with Crippen molar-refractivity contribution < 1.29 is 40.7 Å². The molecule has 0 radical (unpaired) electrons. The number of phenols is 1. The van der Waals surface area contributed by atoms with Crippen molar-refractivity contribution >= 4 is 10.1 Å². The van der Waals surface area contributed by atoms with Gasteiger partial charge in [-0.1, -0.05) is 0 Å². The zero-order valence-corrected chi connectivity index (χ0v) is 14.9. The smallest absolute Gasteiger partial charge is 0.507 e. The van der Waals surface area contributed by atoms with E-state index in [4.69, 9.17) is 4.74 Å². The van der Waals surface area contributed by atoms with Gasteiger partial charge in [0, 0.05) is 29.5 Å². The van der Waals surface area contributed by atoms with Crippen molar-refractivity contribution in [3.05, 3.63) is 17.7 Å². The number of benzene rings is 1. The number of fused-ring (bicyclic) bond motifs is 3. The van der Waals surface area contributed by atoms with E-state index in [1.807, 2.05) is 13.8 Å². The van der Waals surface area contributed by atoms with Gasteiger partial charge in [0.15, 0.2) is 0 Å². The normalized spacial score (nSPS) is 27.8. The molecular weight excluding hydrogens is 377 g/mol. The Hall–Kier alpha value is -1.68. The van der Waals surface area contributed by atoms with Gasteiger partial charge >= 0.3 is 15.6 Å². The first-order chi connectivity index (χ1) is 11.8. The van der Waals surface area contributed by atoms with Crippen molar-refractivity contribution in [1.82, 2.24) is 0 Å². The first-order valence-corrected chi connectivity index (χ1v) is 9.47. The minimum Gasteiger partial charge on any atom is -0.507 e. The monoisotopic (exact) mass is 396 g/mol. The quantitative estimate of drug-likeness (QED) is 0.590.